The average Bonchev–Trinajstić information content (AvgIpc) is 2.95. The molecule has 1 saturated carbocycles. The first-order chi connectivity index (χ1) is 8.00. The van der Waals surface area contributed by atoms with Gasteiger partial charge >= 0.3 is 0 Å². The fourth-order valence-corrected chi connectivity index (χ4v) is 2.14. The maximum atomic E-state index is 6.15. The van der Waals surface area contributed by atoms with Gasteiger partial charge in [0.2, 0.25) is 0 Å². The Morgan fingerprint density at radius 3 is 2.65 bits per heavy atom. The summed E-state index contributed by atoms with van der Waals surface area (Å²) in [7, 11) is 0. The molecule has 1 fully saturated rings. The largest absolute Gasteiger partial charge is 0.491 e. The SMILES string of the molecule is Cc1cccc(OC(C)C)c1CCC1(N)CC1. The van der Waals surface area contributed by atoms with Crippen LogP contribution in [0.2, 0.25) is 0 Å². The van der Waals surface area contributed by atoms with Gasteiger partial charge in [0, 0.05) is 5.54 Å². The van der Waals surface area contributed by atoms with Gasteiger partial charge in [-0.15, -0.1) is 0 Å². The van der Waals surface area contributed by atoms with Crippen LogP contribution in [0.25, 0.3) is 0 Å². The summed E-state index contributed by atoms with van der Waals surface area (Å²) in [5.41, 5.74) is 8.92. The smallest absolute Gasteiger partial charge is 0.123 e. The van der Waals surface area contributed by atoms with Crippen LogP contribution in [0.5, 0.6) is 5.75 Å². The molecular weight excluding hydrogens is 210 g/mol. The third kappa shape index (κ3) is 3.22. The quantitative estimate of drug-likeness (QED) is 0.847. The number of ether oxygens (including phenoxy) is 1. The summed E-state index contributed by atoms with van der Waals surface area (Å²) in [6.07, 6.45) is 4.69. The van der Waals surface area contributed by atoms with Gasteiger partial charge in [-0.2, -0.15) is 0 Å². The Bertz CT molecular complexity index is 394. The molecule has 0 aliphatic heterocycles. The van der Waals surface area contributed by atoms with Crippen molar-refractivity contribution in [3.8, 4) is 5.75 Å². The summed E-state index contributed by atoms with van der Waals surface area (Å²) in [5, 5.41) is 0. The van der Waals surface area contributed by atoms with Gasteiger partial charge in [0.15, 0.2) is 0 Å². The first kappa shape index (κ1) is 12.4. The highest BCUT2D eigenvalue weighted by Crippen LogP contribution is 2.38. The summed E-state index contributed by atoms with van der Waals surface area (Å²) in [6, 6.07) is 6.28. The first-order valence-electron chi connectivity index (χ1n) is 6.54. The molecule has 1 aliphatic rings. The summed E-state index contributed by atoms with van der Waals surface area (Å²) in [6.45, 7) is 6.29. The van der Waals surface area contributed by atoms with E-state index in [9.17, 15) is 0 Å². The van der Waals surface area contributed by atoms with E-state index in [4.69, 9.17) is 10.5 Å². The van der Waals surface area contributed by atoms with Crippen LogP contribution < -0.4 is 10.5 Å². The van der Waals surface area contributed by atoms with E-state index < -0.39 is 0 Å². The summed E-state index contributed by atoms with van der Waals surface area (Å²) < 4.78 is 5.87. The maximum Gasteiger partial charge on any atom is 0.123 e. The zero-order chi connectivity index (χ0) is 12.5. The number of nitrogens with two attached hydrogens (primary N) is 1. The van der Waals surface area contributed by atoms with Gasteiger partial charge in [0.05, 0.1) is 6.10 Å². The van der Waals surface area contributed by atoms with Crippen molar-refractivity contribution in [2.24, 2.45) is 5.73 Å². The third-order valence-electron chi connectivity index (χ3n) is 3.50. The zero-order valence-corrected chi connectivity index (χ0v) is 11.1. The lowest BCUT2D eigenvalue weighted by Gasteiger charge is -2.17. The van der Waals surface area contributed by atoms with E-state index in [1.807, 2.05) is 0 Å². The van der Waals surface area contributed by atoms with Crippen molar-refractivity contribution >= 4 is 0 Å². The summed E-state index contributed by atoms with van der Waals surface area (Å²) >= 11 is 0. The average molecular weight is 233 g/mol. The van der Waals surface area contributed by atoms with Crippen molar-refractivity contribution in [2.45, 2.75) is 58.1 Å². The van der Waals surface area contributed by atoms with Crippen LogP contribution in [-0.4, -0.2) is 11.6 Å². The Hall–Kier alpha value is -1.02. The van der Waals surface area contributed by atoms with E-state index in [1.165, 1.54) is 24.0 Å². The van der Waals surface area contributed by atoms with E-state index in [0.29, 0.717) is 0 Å². The molecular formula is C15H23NO. The van der Waals surface area contributed by atoms with Gasteiger partial charge in [-0.25, -0.2) is 0 Å². The highest BCUT2D eigenvalue weighted by molar-refractivity contribution is 5.40. The van der Waals surface area contributed by atoms with Gasteiger partial charge in [-0.3, -0.25) is 0 Å². The molecule has 0 amide bonds. The number of aryl methyl sites for hydroxylation is 1. The third-order valence-corrected chi connectivity index (χ3v) is 3.50. The maximum absolute atomic E-state index is 6.15. The molecule has 0 spiro atoms. The van der Waals surface area contributed by atoms with Crippen LogP contribution in [0, 0.1) is 6.92 Å². The van der Waals surface area contributed by atoms with Gasteiger partial charge in [0.25, 0.3) is 0 Å². The predicted molar refractivity (Wildman–Crippen MR) is 71.4 cm³/mol. The standard InChI is InChI=1S/C15H23NO/c1-11(2)17-14-6-4-5-12(3)13(14)7-8-15(16)9-10-15/h4-6,11H,7-10,16H2,1-3H3. The Kier molecular flexibility index (Phi) is 3.43. The van der Waals surface area contributed by atoms with Crippen molar-refractivity contribution in [3.63, 3.8) is 0 Å². The topological polar surface area (TPSA) is 35.2 Å². The number of rotatable bonds is 5. The van der Waals surface area contributed by atoms with Crippen LogP contribution in [0.4, 0.5) is 0 Å². The molecule has 0 heterocycles. The lowest BCUT2D eigenvalue weighted by atomic mass is 9.99. The van der Waals surface area contributed by atoms with Crippen LogP contribution in [0.1, 0.15) is 44.2 Å². The summed E-state index contributed by atoms with van der Waals surface area (Å²) in [5.74, 6) is 1.03. The molecule has 94 valence electrons. The van der Waals surface area contributed by atoms with Crippen molar-refractivity contribution in [3.05, 3.63) is 29.3 Å². The number of benzene rings is 1. The second kappa shape index (κ2) is 4.69. The molecule has 2 N–H and O–H groups in total. The monoisotopic (exact) mass is 233 g/mol. The lowest BCUT2D eigenvalue weighted by Crippen LogP contribution is -2.22. The number of hydrogen-bond acceptors (Lipinski definition) is 2. The molecule has 1 aliphatic carbocycles. The van der Waals surface area contributed by atoms with Crippen molar-refractivity contribution in [2.75, 3.05) is 0 Å². The molecule has 0 saturated heterocycles. The van der Waals surface area contributed by atoms with Gasteiger partial charge < -0.3 is 10.5 Å². The molecule has 1 aromatic rings. The van der Waals surface area contributed by atoms with Crippen LogP contribution >= 0.6 is 0 Å². The van der Waals surface area contributed by atoms with Crippen LogP contribution in [-0.2, 0) is 6.42 Å². The van der Waals surface area contributed by atoms with E-state index in [2.05, 4.69) is 39.0 Å². The molecule has 2 heteroatoms. The van der Waals surface area contributed by atoms with Crippen molar-refractivity contribution in [1.82, 2.24) is 0 Å². The second-order valence-corrected chi connectivity index (χ2v) is 5.58. The first-order valence-corrected chi connectivity index (χ1v) is 6.54. The van der Waals surface area contributed by atoms with Gasteiger partial charge in [0.1, 0.15) is 5.75 Å². The highest BCUT2D eigenvalue weighted by Gasteiger charge is 2.37. The number of hydrogen-bond donors (Lipinski definition) is 1. The van der Waals surface area contributed by atoms with E-state index in [0.717, 1.165) is 18.6 Å². The zero-order valence-electron chi connectivity index (χ0n) is 11.1. The predicted octanol–water partition coefficient (Wildman–Crippen LogP) is 3.21. The minimum absolute atomic E-state index is 0.122. The normalized spacial score (nSPS) is 17.2. The van der Waals surface area contributed by atoms with Crippen molar-refractivity contribution in [1.29, 1.82) is 0 Å². The Balaban J connectivity index is 2.11. The highest BCUT2D eigenvalue weighted by atomic mass is 16.5. The molecule has 1 aromatic carbocycles. The van der Waals surface area contributed by atoms with E-state index in [1.54, 1.807) is 0 Å². The Morgan fingerprint density at radius 2 is 2.06 bits per heavy atom. The molecule has 17 heavy (non-hydrogen) atoms. The Morgan fingerprint density at radius 1 is 1.35 bits per heavy atom. The Labute approximate surface area is 104 Å². The van der Waals surface area contributed by atoms with Crippen LogP contribution in [0.15, 0.2) is 18.2 Å². The molecule has 0 unspecified atom stereocenters. The van der Waals surface area contributed by atoms with Crippen molar-refractivity contribution < 1.29 is 4.74 Å². The molecule has 0 radical (unpaired) electrons. The molecule has 0 bridgehead atoms. The van der Waals surface area contributed by atoms with Crippen LogP contribution in [0.3, 0.4) is 0 Å². The molecule has 2 rings (SSSR count). The lowest BCUT2D eigenvalue weighted by molar-refractivity contribution is 0.239. The molecule has 0 atom stereocenters. The van der Waals surface area contributed by atoms with E-state index >= 15 is 0 Å². The minimum atomic E-state index is 0.122. The second-order valence-electron chi connectivity index (χ2n) is 5.58. The minimum Gasteiger partial charge on any atom is -0.491 e. The fraction of sp³-hybridized carbons (Fsp3) is 0.600. The van der Waals surface area contributed by atoms with Gasteiger partial charge in [-0.05, 0) is 63.6 Å². The molecule has 2 nitrogen and oxygen atoms in total. The summed E-state index contributed by atoms with van der Waals surface area (Å²) in [4.78, 5) is 0. The fourth-order valence-electron chi connectivity index (χ4n) is 2.14. The van der Waals surface area contributed by atoms with Gasteiger partial charge in [-0.1, -0.05) is 12.1 Å². The molecule has 0 aromatic heterocycles. The van der Waals surface area contributed by atoms with E-state index in [-0.39, 0.29) is 11.6 Å².